The highest BCUT2D eigenvalue weighted by molar-refractivity contribution is 7.89. The van der Waals surface area contributed by atoms with E-state index in [2.05, 4.69) is 20.0 Å². The smallest absolute Gasteiger partial charge is 0.325 e. The van der Waals surface area contributed by atoms with Crippen molar-refractivity contribution in [2.75, 3.05) is 5.32 Å². The van der Waals surface area contributed by atoms with E-state index in [4.69, 9.17) is 11.6 Å². The number of anilines is 1. The van der Waals surface area contributed by atoms with E-state index < -0.39 is 27.4 Å². The van der Waals surface area contributed by atoms with Gasteiger partial charge in [-0.25, -0.2) is 13.4 Å². The number of carbonyl (C=O) groups is 1. The highest BCUT2D eigenvalue weighted by Crippen LogP contribution is 2.53. The third-order valence-electron chi connectivity index (χ3n) is 6.60. The van der Waals surface area contributed by atoms with Crippen molar-refractivity contribution in [2.45, 2.75) is 35.7 Å². The summed E-state index contributed by atoms with van der Waals surface area (Å²) in [6.45, 7) is 1.95. The van der Waals surface area contributed by atoms with Crippen molar-refractivity contribution in [2.24, 2.45) is 0 Å². The number of benzene rings is 3. The van der Waals surface area contributed by atoms with Gasteiger partial charge in [0.05, 0.1) is 10.9 Å². The lowest BCUT2D eigenvalue weighted by molar-refractivity contribution is -0.140. The molecule has 8 nitrogen and oxygen atoms in total. The molecule has 10 heteroatoms. The van der Waals surface area contributed by atoms with E-state index in [9.17, 15) is 18.3 Å². The standard InChI is InChI=1S/C27H25ClN4O4S/c1-17(25-29-13-14-30-25)31-22-4-2-3-20(15-22)24-16-27(24,26(33)34)32-37(35,36)23-11-7-19(8-12-23)18-5-9-21(28)10-6-18/h2-15,17,24,31-32H,16H2,1H3,(H,29,30)(H,33,34)/t17?,24-,27+/m0/s1. The SMILES string of the molecule is CC(Nc1cccc([C@@H]2C[C@]2(NS(=O)(=O)c2ccc(-c3ccc(Cl)cc3)cc2)C(=O)O)c1)c1ncc[nH]1. The Kier molecular flexibility index (Phi) is 6.53. The molecule has 1 aliphatic rings. The number of nitrogens with zero attached hydrogens (tertiary/aromatic N) is 1. The van der Waals surface area contributed by atoms with E-state index in [1.807, 2.05) is 43.3 Å². The summed E-state index contributed by atoms with van der Waals surface area (Å²) in [7, 11) is -4.09. The van der Waals surface area contributed by atoms with Gasteiger partial charge in [-0.05, 0) is 66.4 Å². The monoisotopic (exact) mass is 536 g/mol. The lowest BCUT2D eigenvalue weighted by Gasteiger charge is -2.17. The summed E-state index contributed by atoms with van der Waals surface area (Å²) in [6, 6.07) is 20.8. The first kappa shape index (κ1) is 25.0. The summed E-state index contributed by atoms with van der Waals surface area (Å²) in [5.41, 5.74) is 1.62. The lowest BCUT2D eigenvalue weighted by atomic mass is 10.1. The van der Waals surface area contributed by atoms with E-state index in [0.29, 0.717) is 5.02 Å². The first-order valence-corrected chi connectivity index (χ1v) is 13.5. The number of aromatic nitrogens is 2. The number of sulfonamides is 1. The fraction of sp³-hybridized carbons (Fsp3) is 0.185. The first-order chi connectivity index (χ1) is 17.7. The Morgan fingerprint density at radius 2 is 1.78 bits per heavy atom. The van der Waals surface area contributed by atoms with E-state index in [1.165, 1.54) is 12.1 Å². The van der Waals surface area contributed by atoms with Crippen LogP contribution in [0, 0.1) is 0 Å². The molecule has 190 valence electrons. The van der Waals surface area contributed by atoms with Crippen molar-refractivity contribution in [1.82, 2.24) is 14.7 Å². The summed E-state index contributed by atoms with van der Waals surface area (Å²) in [5, 5.41) is 14.0. The molecule has 3 atom stereocenters. The first-order valence-electron chi connectivity index (χ1n) is 11.7. The summed E-state index contributed by atoms with van der Waals surface area (Å²) < 4.78 is 28.9. The highest BCUT2D eigenvalue weighted by Gasteiger charge is 2.63. The molecule has 1 unspecified atom stereocenters. The number of imidazole rings is 1. The minimum atomic E-state index is -4.09. The molecule has 0 amide bonds. The van der Waals surface area contributed by atoms with Gasteiger partial charge in [-0.1, -0.05) is 48.0 Å². The van der Waals surface area contributed by atoms with Crippen LogP contribution in [0.5, 0.6) is 0 Å². The lowest BCUT2D eigenvalue weighted by Crippen LogP contribution is -2.44. The van der Waals surface area contributed by atoms with Crippen LogP contribution < -0.4 is 10.0 Å². The van der Waals surface area contributed by atoms with Gasteiger partial charge < -0.3 is 15.4 Å². The number of carboxylic acids is 1. The van der Waals surface area contributed by atoms with Crippen LogP contribution in [0.2, 0.25) is 5.02 Å². The van der Waals surface area contributed by atoms with E-state index >= 15 is 0 Å². The van der Waals surface area contributed by atoms with Crippen LogP contribution in [0.25, 0.3) is 11.1 Å². The van der Waals surface area contributed by atoms with Gasteiger partial charge in [-0.3, -0.25) is 4.79 Å². The molecule has 1 saturated carbocycles. The Balaban J connectivity index is 1.34. The molecule has 0 spiro atoms. The fourth-order valence-corrected chi connectivity index (χ4v) is 6.03. The van der Waals surface area contributed by atoms with Crippen LogP contribution in [0.3, 0.4) is 0 Å². The van der Waals surface area contributed by atoms with Crippen LogP contribution in [0.1, 0.15) is 36.7 Å². The Morgan fingerprint density at radius 3 is 2.41 bits per heavy atom. The molecule has 0 saturated heterocycles. The number of hydrogen-bond donors (Lipinski definition) is 4. The number of carboxylic acid groups (broad SMARTS) is 1. The normalized spacial score (nSPS) is 19.8. The van der Waals surface area contributed by atoms with Gasteiger partial charge in [0.15, 0.2) is 0 Å². The third kappa shape index (κ3) is 5.11. The second kappa shape index (κ2) is 9.66. The summed E-state index contributed by atoms with van der Waals surface area (Å²) in [4.78, 5) is 19.6. The minimum absolute atomic E-state index is 0.000761. The number of H-pyrrole nitrogens is 1. The van der Waals surface area contributed by atoms with Gasteiger partial charge in [-0.2, -0.15) is 4.72 Å². The number of rotatable bonds is 9. The Bertz CT molecular complexity index is 1520. The van der Waals surface area contributed by atoms with Gasteiger partial charge in [0.2, 0.25) is 10.0 Å². The fourth-order valence-electron chi connectivity index (χ4n) is 4.50. The molecule has 5 rings (SSSR count). The summed E-state index contributed by atoms with van der Waals surface area (Å²) in [6.07, 6.45) is 3.57. The Labute approximate surface area is 219 Å². The predicted octanol–water partition coefficient (Wildman–Crippen LogP) is 5.19. The molecule has 1 heterocycles. The summed E-state index contributed by atoms with van der Waals surface area (Å²) in [5.74, 6) is -0.943. The van der Waals surface area contributed by atoms with Crippen molar-refractivity contribution in [3.05, 3.63) is 102 Å². The van der Waals surface area contributed by atoms with Crippen LogP contribution in [0.15, 0.2) is 90.1 Å². The van der Waals surface area contributed by atoms with E-state index in [1.54, 1.807) is 36.7 Å². The molecule has 0 bridgehead atoms. The molecule has 4 aromatic rings. The quantitative estimate of drug-likeness (QED) is 0.233. The Morgan fingerprint density at radius 1 is 1.11 bits per heavy atom. The van der Waals surface area contributed by atoms with Gasteiger partial charge in [0.1, 0.15) is 11.4 Å². The van der Waals surface area contributed by atoms with Gasteiger partial charge in [0, 0.05) is 29.0 Å². The topological polar surface area (TPSA) is 124 Å². The largest absolute Gasteiger partial charge is 0.480 e. The van der Waals surface area contributed by atoms with Gasteiger partial charge >= 0.3 is 5.97 Å². The second-order valence-corrected chi connectivity index (χ2v) is 11.3. The molecule has 1 aliphatic carbocycles. The van der Waals surface area contributed by atoms with Crippen LogP contribution in [-0.2, 0) is 14.8 Å². The number of aromatic amines is 1. The maximum absolute atomic E-state index is 13.2. The predicted molar refractivity (Wildman–Crippen MR) is 142 cm³/mol. The maximum Gasteiger partial charge on any atom is 0.325 e. The van der Waals surface area contributed by atoms with Crippen molar-refractivity contribution >= 4 is 33.3 Å². The van der Waals surface area contributed by atoms with E-state index in [0.717, 1.165) is 28.2 Å². The van der Waals surface area contributed by atoms with Gasteiger partial charge in [-0.15, -0.1) is 0 Å². The Hall–Kier alpha value is -3.66. The molecule has 4 N–H and O–H groups in total. The van der Waals surface area contributed by atoms with Crippen molar-refractivity contribution in [3.63, 3.8) is 0 Å². The summed E-state index contributed by atoms with van der Waals surface area (Å²) >= 11 is 5.94. The molecule has 3 aromatic carbocycles. The molecular weight excluding hydrogens is 512 g/mol. The number of halogens is 1. The third-order valence-corrected chi connectivity index (χ3v) is 8.38. The van der Waals surface area contributed by atoms with Crippen LogP contribution in [0.4, 0.5) is 5.69 Å². The number of aliphatic carboxylic acids is 1. The van der Waals surface area contributed by atoms with Crippen LogP contribution >= 0.6 is 11.6 Å². The average molecular weight is 537 g/mol. The molecule has 0 aliphatic heterocycles. The number of nitrogens with one attached hydrogen (secondary N) is 3. The second-order valence-electron chi connectivity index (χ2n) is 9.14. The zero-order chi connectivity index (χ0) is 26.2. The molecular formula is C27H25ClN4O4S. The van der Waals surface area contributed by atoms with Crippen molar-refractivity contribution < 1.29 is 18.3 Å². The maximum atomic E-state index is 13.2. The molecule has 0 radical (unpaired) electrons. The van der Waals surface area contributed by atoms with Crippen LogP contribution in [-0.4, -0.2) is 35.0 Å². The van der Waals surface area contributed by atoms with Gasteiger partial charge in [0.25, 0.3) is 0 Å². The number of hydrogen-bond acceptors (Lipinski definition) is 5. The van der Waals surface area contributed by atoms with Crippen molar-refractivity contribution in [3.8, 4) is 11.1 Å². The van der Waals surface area contributed by atoms with E-state index in [-0.39, 0.29) is 17.4 Å². The average Bonchev–Trinajstić information content (AvgIpc) is 3.33. The highest BCUT2D eigenvalue weighted by atomic mass is 35.5. The zero-order valence-corrected chi connectivity index (χ0v) is 21.4. The zero-order valence-electron chi connectivity index (χ0n) is 19.9. The minimum Gasteiger partial charge on any atom is -0.480 e. The molecule has 37 heavy (non-hydrogen) atoms. The van der Waals surface area contributed by atoms with Crippen molar-refractivity contribution in [1.29, 1.82) is 0 Å². The molecule has 1 aromatic heterocycles. The molecule has 1 fully saturated rings.